The van der Waals surface area contributed by atoms with Gasteiger partial charge in [0.2, 0.25) is 0 Å². The number of aryl methyl sites for hydroxylation is 1. The number of aliphatic hydroxyl groups excluding tert-OH is 1. The quantitative estimate of drug-likeness (QED) is 0.652. The summed E-state index contributed by atoms with van der Waals surface area (Å²) < 4.78 is 0. The Hall–Kier alpha value is -2.02. The van der Waals surface area contributed by atoms with Gasteiger partial charge in [-0.2, -0.15) is 0 Å². The van der Waals surface area contributed by atoms with Crippen LogP contribution in [0.4, 0.5) is 10.5 Å². The molecule has 7 nitrogen and oxygen atoms in total. The zero-order valence-electron chi connectivity index (χ0n) is 10.6. The number of carbonyl (C=O) groups is 2. The number of carboxylic acids is 1. The zero-order chi connectivity index (χ0) is 14.0. The van der Waals surface area contributed by atoms with Crippen LogP contribution in [-0.2, 0) is 0 Å². The van der Waals surface area contributed by atoms with Gasteiger partial charge < -0.3 is 25.4 Å². The molecule has 0 saturated carbocycles. The molecule has 1 atom stereocenters. The molecule has 1 unspecified atom stereocenters. The van der Waals surface area contributed by atoms with Crippen molar-refractivity contribution in [2.75, 3.05) is 25.0 Å². The summed E-state index contributed by atoms with van der Waals surface area (Å²) in [6, 6.07) is 1.25. The monoisotopic (exact) mass is 267 g/mol. The number of hydrogen-bond donors (Lipinski definition) is 4. The minimum Gasteiger partial charge on any atom is -0.477 e. The van der Waals surface area contributed by atoms with Crippen LogP contribution in [0.3, 0.4) is 0 Å². The molecule has 104 valence electrons. The molecule has 4 N–H and O–H groups in total. The molecule has 1 saturated heterocycles. The van der Waals surface area contributed by atoms with Crippen LogP contribution in [0.5, 0.6) is 0 Å². The maximum absolute atomic E-state index is 12.0. The highest BCUT2D eigenvalue weighted by atomic mass is 16.4. The summed E-state index contributed by atoms with van der Waals surface area (Å²) in [5.74, 6) is -1.00. The first-order valence-electron chi connectivity index (χ1n) is 6.11. The van der Waals surface area contributed by atoms with Gasteiger partial charge >= 0.3 is 12.0 Å². The number of carbonyl (C=O) groups excluding carboxylic acids is 1. The van der Waals surface area contributed by atoms with Gasteiger partial charge in [0, 0.05) is 31.3 Å². The third kappa shape index (κ3) is 2.87. The van der Waals surface area contributed by atoms with Crippen LogP contribution in [0.15, 0.2) is 6.07 Å². The predicted octanol–water partition coefficient (Wildman–Crippen LogP) is 0.867. The Kier molecular flexibility index (Phi) is 3.75. The molecule has 2 heterocycles. The largest absolute Gasteiger partial charge is 0.477 e. The average molecular weight is 267 g/mol. The zero-order valence-corrected chi connectivity index (χ0v) is 10.6. The Labute approximate surface area is 110 Å². The number of aromatic carboxylic acids is 1. The Morgan fingerprint density at radius 2 is 2.32 bits per heavy atom. The van der Waals surface area contributed by atoms with E-state index in [4.69, 9.17) is 10.2 Å². The molecule has 0 aromatic carbocycles. The van der Waals surface area contributed by atoms with Crippen molar-refractivity contribution < 1.29 is 19.8 Å². The second kappa shape index (κ2) is 5.31. The minimum absolute atomic E-state index is 0.0243. The van der Waals surface area contributed by atoms with Crippen molar-refractivity contribution >= 4 is 17.7 Å². The number of aromatic nitrogens is 1. The lowest BCUT2D eigenvalue weighted by atomic mass is 10.1. The summed E-state index contributed by atoms with van der Waals surface area (Å²) in [6.45, 7) is 2.85. The summed E-state index contributed by atoms with van der Waals surface area (Å²) in [4.78, 5) is 27.3. The number of nitrogens with one attached hydrogen (secondary N) is 2. The van der Waals surface area contributed by atoms with Gasteiger partial charge in [-0.05, 0) is 19.4 Å². The van der Waals surface area contributed by atoms with Crippen LogP contribution in [0, 0.1) is 12.8 Å². The normalized spacial score (nSPS) is 18.6. The SMILES string of the molecule is Cc1cc(NC(=O)N2CCC(CO)C2)c(C(=O)O)[nH]1. The van der Waals surface area contributed by atoms with Gasteiger partial charge in [0.15, 0.2) is 0 Å². The molecule has 1 aliphatic heterocycles. The van der Waals surface area contributed by atoms with Crippen molar-refractivity contribution in [3.8, 4) is 0 Å². The first-order chi connectivity index (χ1) is 9.01. The second-order valence-corrected chi connectivity index (χ2v) is 4.76. The molecular weight excluding hydrogens is 250 g/mol. The van der Waals surface area contributed by atoms with E-state index < -0.39 is 5.97 Å². The Bertz CT molecular complexity index is 497. The predicted molar refractivity (Wildman–Crippen MR) is 68.3 cm³/mol. The standard InChI is InChI=1S/C12H17N3O4/c1-7-4-9(10(13-7)11(17)18)14-12(19)15-3-2-8(5-15)6-16/h4,8,13,16H,2-3,5-6H2,1H3,(H,14,19)(H,17,18). The number of anilines is 1. The number of nitrogens with zero attached hydrogens (tertiary/aromatic N) is 1. The number of aliphatic hydroxyl groups is 1. The Balaban J connectivity index is 2.05. The van der Waals surface area contributed by atoms with Crippen LogP contribution in [0.1, 0.15) is 22.6 Å². The van der Waals surface area contributed by atoms with Crippen molar-refractivity contribution in [2.24, 2.45) is 5.92 Å². The molecule has 1 aromatic heterocycles. The highest BCUT2D eigenvalue weighted by Crippen LogP contribution is 2.20. The van der Waals surface area contributed by atoms with E-state index in [2.05, 4.69) is 10.3 Å². The van der Waals surface area contributed by atoms with Crippen LogP contribution in [0.25, 0.3) is 0 Å². The number of likely N-dealkylation sites (tertiary alicyclic amines) is 1. The first kappa shape index (κ1) is 13.4. The van der Waals surface area contributed by atoms with Gasteiger partial charge in [-0.1, -0.05) is 0 Å². The summed E-state index contributed by atoms with van der Waals surface area (Å²) in [7, 11) is 0. The lowest BCUT2D eigenvalue weighted by Crippen LogP contribution is -2.33. The molecule has 1 fully saturated rings. The molecule has 2 rings (SSSR count). The van der Waals surface area contributed by atoms with E-state index in [1.807, 2.05) is 0 Å². The van der Waals surface area contributed by atoms with E-state index in [9.17, 15) is 9.59 Å². The summed E-state index contributed by atoms with van der Waals surface area (Å²) in [5, 5.41) is 20.6. The number of carboxylic acid groups (broad SMARTS) is 1. The highest BCUT2D eigenvalue weighted by Gasteiger charge is 2.26. The third-order valence-corrected chi connectivity index (χ3v) is 3.24. The van der Waals surface area contributed by atoms with Crippen molar-refractivity contribution in [1.29, 1.82) is 0 Å². The maximum Gasteiger partial charge on any atom is 0.354 e. The van der Waals surface area contributed by atoms with E-state index in [0.717, 1.165) is 6.42 Å². The molecule has 19 heavy (non-hydrogen) atoms. The van der Waals surface area contributed by atoms with Crippen molar-refractivity contribution in [2.45, 2.75) is 13.3 Å². The van der Waals surface area contributed by atoms with Crippen LogP contribution >= 0.6 is 0 Å². The topological polar surface area (TPSA) is 106 Å². The fourth-order valence-electron chi connectivity index (χ4n) is 2.22. The molecule has 0 spiro atoms. The maximum atomic E-state index is 12.0. The van der Waals surface area contributed by atoms with E-state index in [-0.39, 0.29) is 29.9 Å². The van der Waals surface area contributed by atoms with E-state index in [1.165, 1.54) is 0 Å². The van der Waals surface area contributed by atoms with Crippen LogP contribution in [0.2, 0.25) is 0 Å². The molecule has 1 aromatic rings. The number of urea groups is 1. The number of rotatable bonds is 3. The molecule has 0 bridgehead atoms. The summed E-state index contributed by atoms with van der Waals surface area (Å²) >= 11 is 0. The lowest BCUT2D eigenvalue weighted by Gasteiger charge is -2.16. The van der Waals surface area contributed by atoms with Crippen molar-refractivity contribution in [3.63, 3.8) is 0 Å². The number of hydrogen-bond acceptors (Lipinski definition) is 3. The third-order valence-electron chi connectivity index (χ3n) is 3.24. The molecular formula is C12H17N3O4. The highest BCUT2D eigenvalue weighted by molar-refractivity contribution is 5.99. The second-order valence-electron chi connectivity index (χ2n) is 4.76. The first-order valence-corrected chi connectivity index (χ1v) is 6.11. The van der Waals surface area contributed by atoms with Gasteiger partial charge in [0.25, 0.3) is 0 Å². The summed E-state index contributed by atoms with van der Waals surface area (Å²) in [6.07, 6.45) is 0.766. The van der Waals surface area contributed by atoms with Crippen molar-refractivity contribution in [1.82, 2.24) is 9.88 Å². The number of amides is 2. The molecule has 1 aliphatic rings. The van der Waals surface area contributed by atoms with Gasteiger partial charge in [-0.15, -0.1) is 0 Å². The minimum atomic E-state index is -1.11. The molecule has 7 heteroatoms. The van der Waals surface area contributed by atoms with Crippen LogP contribution in [-0.4, -0.2) is 51.8 Å². The van der Waals surface area contributed by atoms with E-state index >= 15 is 0 Å². The Morgan fingerprint density at radius 1 is 1.58 bits per heavy atom. The fourth-order valence-corrected chi connectivity index (χ4v) is 2.22. The van der Waals surface area contributed by atoms with Crippen LogP contribution < -0.4 is 5.32 Å². The van der Waals surface area contributed by atoms with Gasteiger partial charge in [0.1, 0.15) is 5.69 Å². The van der Waals surface area contributed by atoms with Crippen molar-refractivity contribution in [3.05, 3.63) is 17.5 Å². The van der Waals surface area contributed by atoms with Gasteiger partial charge in [-0.3, -0.25) is 0 Å². The van der Waals surface area contributed by atoms with E-state index in [1.54, 1.807) is 17.9 Å². The number of H-pyrrole nitrogens is 1. The molecule has 0 radical (unpaired) electrons. The average Bonchev–Trinajstić information content (AvgIpc) is 2.95. The van der Waals surface area contributed by atoms with E-state index in [0.29, 0.717) is 18.8 Å². The Morgan fingerprint density at radius 3 is 2.89 bits per heavy atom. The number of aromatic amines is 1. The summed E-state index contributed by atoms with van der Waals surface area (Å²) in [5.41, 5.74) is 0.911. The smallest absolute Gasteiger partial charge is 0.354 e. The lowest BCUT2D eigenvalue weighted by molar-refractivity contribution is 0.0692. The molecule has 2 amide bonds. The van der Waals surface area contributed by atoms with Gasteiger partial charge in [-0.25, -0.2) is 9.59 Å². The molecule has 0 aliphatic carbocycles. The van der Waals surface area contributed by atoms with Gasteiger partial charge in [0.05, 0.1) is 5.69 Å². The fraction of sp³-hybridized carbons (Fsp3) is 0.500.